The van der Waals surface area contributed by atoms with Crippen molar-refractivity contribution in [2.75, 3.05) is 6.61 Å². The fraction of sp³-hybridized carbons (Fsp3) is 0.467. The van der Waals surface area contributed by atoms with Crippen LogP contribution < -0.4 is 15.4 Å². The van der Waals surface area contributed by atoms with Gasteiger partial charge in [-0.3, -0.25) is 10.1 Å². The summed E-state index contributed by atoms with van der Waals surface area (Å²) < 4.78 is 5.26. The molecule has 0 aromatic heterocycles. The first-order chi connectivity index (χ1) is 10.5. The monoisotopic (exact) mass is 344 g/mol. The topological polar surface area (TPSA) is 67.4 Å². The average molecular weight is 345 g/mol. The van der Waals surface area contributed by atoms with Crippen molar-refractivity contribution in [3.05, 3.63) is 28.2 Å². The first kappa shape index (κ1) is 16.9. The van der Waals surface area contributed by atoms with Crippen molar-refractivity contribution in [1.29, 1.82) is 0 Å². The molecule has 0 unspecified atom stereocenters. The lowest BCUT2D eigenvalue weighted by atomic mass is 9.96. The smallest absolute Gasteiger partial charge is 0.321 e. The summed E-state index contributed by atoms with van der Waals surface area (Å²) in [5.74, 6) is -0.187. The molecule has 0 bridgehead atoms. The molecule has 1 saturated carbocycles. The molecular weight excluding hydrogens is 327 g/mol. The lowest BCUT2D eigenvalue weighted by Gasteiger charge is -2.22. The third kappa shape index (κ3) is 5.39. The predicted octanol–water partition coefficient (Wildman–Crippen LogP) is 3.53. The van der Waals surface area contributed by atoms with Crippen LogP contribution in [0.25, 0.3) is 0 Å². The second kappa shape index (κ2) is 8.25. The molecule has 1 aliphatic rings. The third-order valence-corrected chi connectivity index (χ3v) is 3.98. The number of halogens is 2. The summed E-state index contributed by atoms with van der Waals surface area (Å²) in [5, 5.41) is 5.83. The second-order valence-corrected chi connectivity index (χ2v) is 6.06. The highest BCUT2D eigenvalue weighted by atomic mass is 35.5. The summed E-state index contributed by atoms with van der Waals surface area (Å²) in [7, 11) is 0. The maximum atomic E-state index is 11.7. The van der Waals surface area contributed by atoms with Crippen molar-refractivity contribution in [2.24, 2.45) is 0 Å². The van der Waals surface area contributed by atoms with Gasteiger partial charge in [-0.25, -0.2) is 4.79 Å². The average Bonchev–Trinajstić information content (AvgIpc) is 2.47. The molecule has 1 aliphatic carbocycles. The number of nitrogens with one attached hydrogen (secondary N) is 2. The normalized spacial score (nSPS) is 15.2. The van der Waals surface area contributed by atoms with Gasteiger partial charge >= 0.3 is 6.03 Å². The van der Waals surface area contributed by atoms with Crippen LogP contribution in [0.1, 0.15) is 32.1 Å². The van der Waals surface area contributed by atoms with Gasteiger partial charge < -0.3 is 10.1 Å². The molecule has 1 aromatic rings. The Labute approximate surface area is 139 Å². The molecule has 22 heavy (non-hydrogen) atoms. The van der Waals surface area contributed by atoms with Crippen LogP contribution in [-0.2, 0) is 4.79 Å². The molecule has 1 aromatic carbocycles. The van der Waals surface area contributed by atoms with Crippen LogP contribution in [0.2, 0.25) is 10.0 Å². The molecule has 0 spiro atoms. The van der Waals surface area contributed by atoms with Crippen molar-refractivity contribution in [3.63, 3.8) is 0 Å². The van der Waals surface area contributed by atoms with E-state index in [4.69, 9.17) is 27.9 Å². The standard InChI is InChI=1S/C15H18Cl2N2O3/c16-10-6-7-13(12(17)8-10)22-9-14(20)19-15(21)18-11-4-2-1-3-5-11/h6-8,11H,1-5,9H2,(H2,18,19,20,21). The van der Waals surface area contributed by atoms with E-state index >= 15 is 0 Å². The Bertz CT molecular complexity index is 546. The molecule has 0 saturated heterocycles. The molecule has 2 rings (SSSR count). The number of hydrogen-bond acceptors (Lipinski definition) is 3. The maximum Gasteiger partial charge on any atom is 0.321 e. The zero-order valence-corrected chi connectivity index (χ0v) is 13.5. The van der Waals surface area contributed by atoms with Crippen molar-refractivity contribution in [2.45, 2.75) is 38.1 Å². The molecule has 0 atom stereocenters. The van der Waals surface area contributed by atoms with E-state index in [9.17, 15) is 9.59 Å². The lowest BCUT2D eigenvalue weighted by molar-refractivity contribution is -0.122. The van der Waals surface area contributed by atoms with Gasteiger partial charge in [0.15, 0.2) is 6.61 Å². The number of urea groups is 1. The first-order valence-corrected chi connectivity index (χ1v) is 7.98. The number of imide groups is 1. The Balaban J connectivity index is 1.73. The summed E-state index contributed by atoms with van der Waals surface area (Å²) in [6, 6.07) is 4.36. The molecule has 5 nitrogen and oxygen atoms in total. The Kier molecular flexibility index (Phi) is 6.34. The van der Waals surface area contributed by atoms with Gasteiger partial charge in [0, 0.05) is 11.1 Å². The molecule has 0 heterocycles. The highest BCUT2D eigenvalue weighted by Gasteiger charge is 2.17. The van der Waals surface area contributed by atoms with Crippen molar-refractivity contribution in [3.8, 4) is 5.75 Å². The Morgan fingerprint density at radius 2 is 1.91 bits per heavy atom. The number of amides is 3. The lowest BCUT2D eigenvalue weighted by Crippen LogP contribution is -2.46. The van der Waals surface area contributed by atoms with Gasteiger partial charge in [-0.2, -0.15) is 0 Å². The molecule has 0 aliphatic heterocycles. The van der Waals surface area contributed by atoms with E-state index in [-0.39, 0.29) is 12.6 Å². The van der Waals surface area contributed by atoms with Crippen LogP contribution >= 0.6 is 23.2 Å². The van der Waals surface area contributed by atoms with E-state index in [0.717, 1.165) is 25.7 Å². The number of ether oxygens (including phenoxy) is 1. The Morgan fingerprint density at radius 3 is 2.59 bits per heavy atom. The van der Waals surface area contributed by atoms with E-state index in [1.165, 1.54) is 12.5 Å². The molecule has 120 valence electrons. The van der Waals surface area contributed by atoms with Crippen molar-refractivity contribution >= 4 is 35.1 Å². The van der Waals surface area contributed by atoms with Crippen molar-refractivity contribution < 1.29 is 14.3 Å². The molecule has 3 amide bonds. The summed E-state index contributed by atoms with van der Waals surface area (Å²) >= 11 is 11.7. The Morgan fingerprint density at radius 1 is 1.18 bits per heavy atom. The summed E-state index contributed by atoms with van der Waals surface area (Å²) in [5.41, 5.74) is 0. The van der Waals surface area contributed by atoms with Crippen LogP contribution in [0.5, 0.6) is 5.75 Å². The van der Waals surface area contributed by atoms with Gasteiger partial charge in [-0.1, -0.05) is 42.5 Å². The number of carbonyl (C=O) groups excluding carboxylic acids is 2. The van der Waals surface area contributed by atoms with E-state index < -0.39 is 11.9 Å². The molecule has 0 radical (unpaired) electrons. The predicted molar refractivity (Wildman–Crippen MR) is 85.5 cm³/mol. The fourth-order valence-corrected chi connectivity index (χ4v) is 2.83. The van der Waals surface area contributed by atoms with Crippen LogP contribution in [-0.4, -0.2) is 24.6 Å². The minimum atomic E-state index is -0.528. The Hall–Kier alpha value is -1.46. The molecule has 1 fully saturated rings. The number of carbonyl (C=O) groups is 2. The third-order valence-electron chi connectivity index (χ3n) is 3.45. The minimum absolute atomic E-state index is 0.146. The van der Waals surface area contributed by atoms with Gasteiger partial charge in [-0.05, 0) is 31.0 Å². The van der Waals surface area contributed by atoms with Gasteiger partial charge in [0.05, 0.1) is 5.02 Å². The molecule has 2 N–H and O–H groups in total. The largest absolute Gasteiger partial charge is 0.482 e. The molecule has 7 heteroatoms. The van der Waals surface area contributed by atoms with Crippen LogP contribution in [0.4, 0.5) is 4.79 Å². The van der Waals surface area contributed by atoms with Gasteiger partial charge in [0.2, 0.25) is 0 Å². The van der Waals surface area contributed by atoms with Crippen LogP contribution in [0.3, 0.4) is 0 Å². The van der Waals surface area contributed by atoms with E-state index in [0.29, 0.717) is 15.8 Å². The van der Waals surface area contributed by atoms with E-state index in [1.54, 1.807) is 12.1 Å². The highest BCUT2D eigenvalue weighted by Crippen LogP contribution is 2.27. The minimum Gasteiger partial charge on any atom is -0.482 e. The second-order valence-electron chi connectivity index (χ2n) is 5.22. The van der Waals surface area contributed by atoms with Gasteiger partial charge in [0.25, 0.3) is 5.91 Å². The van der Waals surface area contributed by atoms with E-state index in [2.05, 4.69) is 10.6 Å². The number of hydrogen-bond donors (Lipinski definition) is 2. The number of rotatable bonds is 4. The number of benzene rings is 1. The molecular formula is C15H18Cl2N2O3. The SMILES string of the molecule is O=C(COc1ccc(Cl)cc1Cl)NC(=O)NC1CCCCC1. The van der Waals surface area contributed by atoms with Crippen LogP contribution in [0.15, 0.2) is 18.2 Å². The highest BCUT2D eigenvalue weighted by molar-refractivity contribution is 6.35. The fourth-order valence-electron chi connectivity index (χ4n) is 2.37. The zero-order chi connectivity index (χ0) is 15.9. The van der Waals surface area contributed by atoms with Gasteiger partial charge in [-0.15, -0.1) is 0 Å². The van der Waals surface area contributed by atoms with Gasteiger partial charge in [0.1, 0.15) is 5.75 Å². The summed E-state index contributed by atoms with van der Waals surface area (Å²) in [6.07, 6.45) is 5.33. The summed E-state index contributed by atoms with van der Waals surface area (Å²) in [6.45, 7) is -0.292. The summed E-state index contributed by atoms with van der Waals surface area (Å²) in [4.78, 5) is 23.4. The van der Waals surface area contributed by atoms with Crippen LogP contribution in [0, 0.1) is 0 Å². The maximum absolute atomic E-state index is 11.7. The first-order valence-electron chi connectivity index (χ1n) is 7.23. The quantitative estimate of drug-likeness (QED) is 0.877. The van der Waals surface area contributed by atoms with Crippen molar-refractivity contribution in [1.82, 2.24) is 10.6 Å². The zero-order valence-electron chi connectivity index (χ0n) is 12.0. The van der Waals surface area contributed by atoms with E-state index in [1.807, 2.05) is 0 Å².